The van der Waals surface area contributed by atoms with E-state index in [2.05, 4.69) is 11.2 Å². The third kappa shape index (κ3) is 5.66. The summed E-state index contributed by atoms with van der Waals surface area (Å²) in [7, 11) is 0. The van der Waals surface area contributed by atoms with Gasteiger partial charge in [-0.1, -0.05) is 6.42 Å². The molecule has 1 N–H and O–H groups in total. The maximum Gasteiger partial charge on any atom is 0.420 e. The average molecular weight is 547 g/mol. The molecule has 1 aliphatic heterocycles. The molecule has 5 rings (SSSR count). The smallest absolute Gasteiger partial charge is 0.420 e. The summed E-state index contributed by atoms with van der Waals surface area (Å²) in [5.41, 5.74) is 2.41. The van der Waals surface area contributed by atoms with E-state index in [9.17, 15) is 20.0 Å². The van der Waals surface area contributed by atoms with Crippen molar-refractivity contribution in [2.75, 3.05) is 18.0 Å². The van der Waals surface area contributed by atoms with E-state index in [1.54, 1.807) is 55.7 Å². The number of amides is 2. The number of carboxylic acid groups (broad SMARTS) is 1. The number of aromatic nitrogens is 3. The Kier molecular flexibility index (Phi) is 7.27. The molecule has 40 heavy (non-hydrogen) atoms. The van der Waals surface area contributed by atoms with Crippen LogP contribution in [0.1, 0.15) is 75.5 Å². The summed E-state index contributed by atoms with van der Waals surface area (Å²) in [6, 6.07) is 8.97. The van der Waals surface area contributed by atoms with E-state index < -0.39 is 17.8 Å². The molecule has 1 unspecified atom stereocenters. The minimum atomic E-state index is -0.982. The first kappa shape index (κ1) is 27.2. The Hall–Kier alpha value is -4.33. The highest BCUT2D eigenvalue weighted by atomic mass is 16.6. The van der Waals surface area contributed by atoms with Crippen molar-refractivity contribution < 1.29 is 24.2 Å². The fraction of sp³-hybridized carbons (Fsp3) is 0.483. The predicted molar refractivity (Wildman–Crippen MR) is 147 cm³/mol. The molecule has 3 aromatic rings. The van der Waals surface area contributed by atoms with Crippen molar-refractivity contribution in [3.8, 4) is 11.9 Å². The van der Waals surface area contributed by atoms with Gasteiger partial charge in [-0.05, 0) is 83.1 Å². The van der Waals surface area contributed by atoms with Crippen molar-refractivity contribution in [2.45, 2.75) is 77.4 Å². The van der Waals surface area contributed by atoms with Crippen LogP contribution in [0.5, 0.6) is 5.88 Å². The topological polar surface area (TPSA) is 133 Å². The Bertz CT molecular complexity index is 1480. The van der Waals surface area contributed by atoms with Gasteiger partial charge >= 0.3 is 12.2 Å². The van der Waals surface area contributed by atoms with Gasteiger partial charge in [0.05, 0.1) is 30.1 Å². The van der Waals surface area contributed by atoms with Crippen molar-refractivity contribution >= 4 is 29.3 Å². The van der Waals surface area contributed by atoms with Crippen LogP contribution >= 0.6 is 0 Å². The third-order valence-corrected chi connectivity index (χ3v) is 7.19. The Morgan fingerprint density at radius 1 is 1.15 bits per heavy atom. The number of rotatable bonds is 5. The Morgan fingerprint density at radius 2 is 1.93 bits per heavy atom. The highest BCUT2D eigenvalue weighted by Crippen LogP contribution is 2.40. The van der Waals surface area contributed by atoms with Gasteiger partial charge in [0.1, 0.15) is 11.7 Å². The van der Waals surface area contributed by atoms with Gasteiger partial charge in [0.2, 0.25) is 5.88 Å². The zero-order valence-corrected chi connectivity index (χ0v) is 23.3. The molecule has 1 saturated carbocycles. The minimum Gasteiger partial charge on any atom is -0.472 e. The molecule has 2 aromatic heterocycles. The Balaban J connectivity index is 1.65. The van der Waals surface area contributed by atoms with Crippen LogP contribution in [0.3, 0.4) is 0 Å². The molecular formula is C29H34N6O5. The average Bonchev–Trinajstić information content (AvgIpc) is 3.25. The molecule has 0 radical (unpaired) electrons. The van der Waals surface area contributed by atoms with E-state index in [4.69, 9.17) is 14.5 Å². The molecule has 3 heterocycles. The van der Waals surface area contributed by atoms with Crippen LogP contribution in [0.15, 0.2) is 30.5 Å². The van der Waals surface area contributed by atoms with Crippen LogP contribution in [0.2, 0.25) is 0 Å². The van der Waals surface area contributed by atoms with Gasteiger partial charge in [-0.2, -0.15) is 19.9 Å². The van der Waals surface area contributed by atoms with Crippen LogP contribution in [-0.2, 0) is 4.74 Å². The second-order valence-electron chi connectivity index (χ2n) is 11.5. The van der Waals surface area contributed by atoms with Gasteiger partial charge in [0.25, 0.3) is 0 Å². The van der Waals surface area contributed by atoms with E-state index in [1.807, 2.05) is 6.92 Å². The molecule has 2 fully saturated rings. The number of fused-ring (bicyclic) bond motifs is 1. The number of hydrogen-bond acceptors (Lipinski definition) is 7. The van der Waals surface area contributed by atoms with Crippen molar-refractivity contribution in [2.24, 2.45) is 0 Å². The SMILES string of the molecule is Cc1cc(C#N)cc(N(C(=O)OC(C)(C)C)c2cc(OC3CCCN(C(=O)O)C3)nc3c(C4CCC4)cnn23)c1. The predicted octanol–water partition coefficient (Wildman–Crippen LogP) is 5.77. The van der Waals surface area contributed by atoms with Gasteiger partial charge < -0.3 is 19.5 Å². The second kappa shape index (κ2) is 10.7. The molecule has 1 aliphatic carbocycles. The van der Waals surface area contributed by atoms with Crippen molar-refractivity contribution in [3.63, 3.8) is 0 Å². The molecule has 2 aliphatic rings. The van der Waals surface area contributed by atoms with Crippen molar-refractivity contribution in [1.29, 1.82) is 5.26 Å². The number of hydrogen-bond donors (Lipinski definition) is 1. The number of piperidine rings is 1. The van der Waals surface area contributed by atoms with Gasteiger partial charge in [-0.3, -0.25) is 0 Å². The summed E-state index contributed by atoms with van der Waals surface area (Å²) in [5, 5.41) is 23.8. The van der Waals surface area contributed by atoms with E-state index in [0.717, 1.165) is 30.4 Å². The van der Waals surface area contributed by atoms with Crippen LogP contribution in [-0.4, -0.2) is 61.6 Å². The highest BCUT2D eigenvalue weighted by Gasteiger charge is 2.32. The Morgan fingerprint density at radius 3 is 2.58 bits per heavy atom. The largest absolute Gasteiger partial charge is 0.472 e. The molecular weight excluding hydrogens is 512 g/mol. The third-order valence-electron chi connectivity index (χ3n) is 7.19. The van der Waals surface area contributed by atoms with Crippen molar-refractivity contribution in [3.05, 3.63) is 47.2 Å². The summed E-state index contributed by atoms with van der Waals surface area (Å²) in [5.74, 6) is 0.923. The molecule has 2 amide bonds. The first-order chi connectivity index (χ1) is 19.0. The lowest BCUT2D eigenvalue weighted by molar-refractivity contribution is 0.0596. The van der Waals surface area contributed by atoms with E-state index in [0.29, 0.717) is 48.0 Å². The number of anilines is 2. The van der Waals surface area contributed by atoms with Gasteiger partial charge in [0, 0.05) is 18.2 Å². The molecule has 0 bridgehead atoms. The van der Waals surface area contributed by atoms with Gasteiger partial charge in [0.15, 0.2) is 11.5 Å². The summed E-state index contributed by atoms with van der Waals surface area (Å²) in [4.78, 5) is 32.9. The molecule has 11 nitrogen and oxygen atoms in total. The fourth-order valence-electron chi connectivity index (χ4n) is 5.14. The van der Waals surface area contributed by atoms with E-state index >= 15 is 0 Å². The second-order valence-corrected chi connectivity index (χ2v) is 11.5. The maximum atomic E-state index is 13.8. The summed E-state index contributed by atoms with van der Waals surface area (Å²) in [6.07, 6.45) is 4.31. The van der Waals surface area contributed by atoms with Crippen LogP contribution in [0.4, 0.5) is 21.1 Å². The molecule has 1 atom stereocenters. The highest BCUT2D eigenvalue weighted by molar-refractivity contribution is 5.96. The number of likely N-dealkylation sites (tertiary alicyclic amines) is 1. The zero-order chi connectivity index (χ0) is 28.6. The lowest BCUT2D eigenvalue weighted by atomic mass is 9.81. The molecule has 1 aromatic carbocycles. The minimum absolute atomic E-state index is 0.228. The van der Waals surface area contributed by atoms with Crippen LogP contribution < -0.4 is 9.64 Å². The van der Waals surface area contributed by atoms with Gasteiger partial charge in [-0.25, -0.2) is 14.5 Å². The van der Waals surface area contributed by atoms with Gasteiger partial charge in [-0.15, -0.1) is 0 Å². The molecule has 1 saturated heterocycles. The number of carbonyl (C=O) groups is 2. The first-order valence-corrected chi connectivity index (χ1v) is 13.6. The van der Waals surface area contributed by atoms with Crippen molar-refractivity contribution in [1.82, 2.24) is 19.5 Å². The monoisotopic (exact) mass is 546 g/mol. The first-order valence-electron chi connectivity index (χ1n) is 13.6. The quantitative estimate of drug-likeness (QED) is 0.426. The number of nitriles is 1. The lowest BCUT2D eigenvalue weighted by Gasteiger charge is -2.31. The number of aryl methyl sites for hydroxylation is 1. The molecule has 210 valence electrons. The number of ether oxygens (including phenoxy) is 2. The summed E-state index contributed by atoms with van der Waals surface area (Å²) < 4.78 is 13.7. The van der Waals surface area contributed by atoms with E-state index in [-0.39, 0.29) is 18.5 Å². The number of benzene rings is 1. The van der Waals surface area contributed by atoms with E-state index in [1.165, 1.54) is 9.80 Å². The molecule has 0 spiro atoms. The Labute approximate surface area is 232 Å². The summed E-state index contributed by atoms with van der Waals surface area (Å²) in [6.45, 7) is 7.91. The number of carbonyl (C=O) groups excluding carboxylic acids is 1. The normalized spacial score (nSPS) is 17.7. The number of nitrogens with zero attached hydrogens (tertiary/aromatic N) is 6. The van der Waals surface area contributed by atoms with Crippen LogP contribution in [0.25, 0.3) is 5.65 Å². The standard InChI is InChI=1S/C29H34N6O5/c1-18-11-19(15-30)13-21(12-18)34(28(38)40-29(2,3)4)25-14-24(39-22-9-6-10-33(17-22)27(36)37)32-26-23(16-31-35(25)26)20-7-5-8-20/h11-14,16,20,22H,5-10,17H2,1-4H3,(H,36,37). The maximum absolute atomic E-state index is 13.8. The van der Waals surface area contributed by atoms with Crippen LogP contribution in [0, 0.1) is 18.3 Å². The zero-order valence-electron chi connectivity index (χ0n) is 23.3. The lowest BCUT2D eigenvalue weighted by Crippen LogP contribution is -2.43. The molecule has 11 heteroatoms. The fourth-order valence-corrected chi connectivity index (χ4v) is 5.14. The summed E-state index contributed by atoms with van der Waals surface area (Å²) >= 11 is 0.